The predicted octanol–water partition coefficient (Wildman–Crippen LogP) is 3.17. The van der Waals surface area contributed by atoms with E-state index in [1.807, 2.05) is 0 Å². The number of anilines is 1. The number of aromatic nitrogens is 1. The van der Waals surface area contributed by atoms with Crippen molar-refractivity contribution in [3.8, 4) is 5.88 Å². The van der Waals surface area contributed by atoms with Gasteiger partial charge in [-0.3, -0.25) is 9.59 Å². The van der Waals surface area contributed by atoms with Crippen LogP contribution in [0.15, 0.2) is 47.3 Å². The second-order valence-corrected chi connectivity index (χ2v) is 5.96. The fourth-order valence-electron chi connectivity index (χ4n) is 2.46. The smallest absolute Gasteiger partial charge is 0.257 e. The molecule has 0 radical (unpaired) electrons. The first-order valence-electron chi connectivity index (χ1n) is 6.96. The van der Waals surface area contributed by atoms with Crippen LogP contribution in [0.1, 0.15) is 10.4 Å². The number of benzene rings is 2. The van der Waals surface area contributed by atoms with E-state index < -0.39 is 17.3 Å². The highest BCUT2D eigenvalue weighted by Gasteiger charge is 2.17. The van der Waals surface area contributed by atoms with Crippen molar-refractivity contribution in [2.75, 3.05) is 5.32 Å². The molecule has 0 aliphatic carbocycles. The maximum atomic E-state index is 12.7. The minimum atomic E-state index is -0.681. The molecule has 0 aliphatic rings. The van der Waals surface area contributed by atoms with Crippen molar-refractivity contribution < 1.29 is 9.90 Å². The molecule has 1 N–H and O–H groups in total. The number of hydrogen-bond donors (Lipinski definition) is 1. The fourth-order valence-corrected chi connectivity index (χ4v) is 2.95. The van der Waals surface area contributed by atoms with E-state index in [2.05, 4.69) is 5.32 Å². The van der Waals surface area contributed by atoms with Crippen molar-refractivity contribution in [2.45, 2.75) is 0 Å². The average molecular weight is 362 g/mol. The number of nitrogens with one attached hydrogen (secondary N) is 1. The Hall–Kier alpha value is -2.50. The summed E-state index contributed by atoms with van der Waals surface area (Å²) >= 11 is 12.1. The summed E-state index contributed by atoms with van der Waals surface area (Å²) in [7, 11) is 1.33. The van der Waals surface area contributed by atoms with Gasteiger partial charge in [-0.1, -0.05) is 47.5 Å². The molecule has 2 aromatic carbocycles. The molecule has 1 heterocycles. The molecule has 1 aromatic heterocycles. The normalized spacial score (nSPS) is 10.8. The monoisotopic (exact) mass is 361 g/mol. The molecule has 0 unspecified atom stereocenters. The number of carbonyl (C=O) groups excluding carboxylic acids is 1. The van der Waals surface area contributed by atoms with Crippen LogP contribution in [0, 0.1) is 0 Å². The summed E-state index contributed by atoms with van der Waals surface area (Å²) in [6.45, 7) is 0. The second-order valence-electron chi connectivity index (χ2n) is 5.14. The van der Waals surface area contributed by atoms with E-state index in [0.717, 1.165) is 4.57 Å². The first-order chi connectivity index (χ1) is 11.4. The van der Waals surface area contributed by atoms with E-state index in [0.29, 0.717) is 0 Å². The van der Waals surface area contributed by atoms with Crippen molar-refractivity contribution in [3.05, 3.63) is 68.4 Å². The standard InChI is InChI=1S/C17H12Cl2N2O3/c1-21-16(23)10-6-3-2-5-9(10)13(17(21)24)15(22)20-14-11(18)7-4-8-12(14)19/h2-8,24H,1H3,(H,20,22)/p-1. The van der Waals surface area contributed by atoms with Crippen molar-refractivity contribution in [3.63, 3.8) is 0 Å². The van der Waals surface area contributed by atoms with E-state index in [4.69, 9.17) is 23.2 Å². The Bertz CT molecular complexity index is 1010. The van der Waals surface area contributed by atoms with Gasteiger partial charge in [0.1, 0.15) is 0 Å². The Morgan fingerprint density at radius 1 is 1.04 bits per heavy atom. The summed E-state index contributed by atoms with van der Waals surface area (Å²) in [5.74, 6) is -1.36. The lowest BCUT2D eigenvalue weighted by atomic mass is 10.1. The third-order valence-electron chi connectivity index (χ3n) is 3.68. The van der Waals surface area contributed by atoms with Gasteiger partial charge in [-0.25, -0.2) is 0 Å². The van der Waals surface area contributed by atoms with Gasteiger partial charge >= 0.3 is 0 Å². The second kappa shape index (κ2) is 6.19. The summed E-state index contributed by atoms with van der Waals surface area (Å²) in [6, 6.07) is 11.2. The van der Waals surface area contributed by atoms with Crippen LogP contribution in [-0.2, 0) is 7.05 Å². The molecule has 3 aromatic rings. The largest absolute Gasteiger partial charge is 0.859 e. The number of hydrogen-bond acceptors (Lipinski definition) is 3. The molecule has 0 saturated carbocycles. The molecule has 0 fully saturated rings. The molecule has 3 rings (SSSR count). The summed E-state index contributed by atoms with van der Waals surface area (Å²) < 4.78 is 0.908. The lowest BCUT2D eigenvalue weighted by Gasteiger charge is -2.20. The Morgan fingerprint density at radius 3 is 2.25 bits per heavy atom. The highest BCUT2D eigenvalue weighted by atomic mass is 35.5. The van der Waals surface area contributed by atoms with E-state index in [-0.39, 0.29) is 32.1 Å². The zero-order valence-corrected chi connectivity index (χ0v) is 14.0. The molecule has 0 bridgehead atoms. The highest BCUT2D eigenvalue weighted by Crippen LogP contribution is 2.31. The van der Waals surface area contributed by atoms with E-state index in [1.54, 1.807) is 42.5 Å². The molecule has 5 nitrogen and oxygen atoms in total. The molecular formula is C17H11Cl2N2O3-. The first kappa shape index (κ1) is 16.4. The number of carbonyl (C=O) groups is 1. The third-order valence-corrected chi connectivity index (χ3v) is 4.31. The van der Waals surface area contributed by atoms with Gasteiger partial charge in [0, 0.05) is 17.8 Å². The van der Waals surface area contributed by atoms with Crippen molar-refractivity contribution in [1.82, 2.24) is 4.57 Å². The lowest BCUT2D eigenvalue weighted by Crippen LogP contribution is -2.26. The number of nitrogens with zero attached hydrogens (tertiary/aromatic N) is 1. The van der Waals surface area contributed by atoms with Crippen LogP contribution in [0.4, 0.5) is 5.69 Å². The maximum Gasteiger partial charge on any atom is 0.257 e. The molecule has 0 atom stereocenters. The molecule has 7 heteroatoms. The quantitative estimate of drug-likeness (QED) is 0.761. The Kier molecular flexibility index (Phi) is 4.22. The van der Waals surface area contributed by atoms with Crippen LogP contribution in [0.2, 0.25) is 10.0 Å². The zero-order valence-electron chi connectivity index (χ0n) is 12.5. The average Bonchev–Trinajstić information content (AvgIpc) is 2.56. The summed E-state index contributed by atoms with van der Waals surface area (Å²) in [5, 5.41) is 16.1. The van der Waals surface area contributed by atoms with Crippen molar-refractivity contribution in [1.29, 1.82) is 0 Å². The van der Waals surface area contributed by atoms with Gasteiger partial charge in [0.05, 0.1) is 21.3 Å². The Balaban J connectivity index is 2.19. The van der Waals surface area contributed by atoms with Crippen LogP contribution >= 0.6 is 23.2 Å². The maximum absolute atomic E-state index is 12.7. The lowest BCUT2D eigenvalue weighted by molar-refractivity contribution is -0.279. The van der Waals surface area contributed by atoms with Crippen LogP contribution in [0.25, 0.3) is 10.8 Å². The molecular weight excluding hydrogens is 351 g/mol. The van der Waals surface area contributed by atoms with E-state index in [1.165, 1.54) is 7.05 Å². The number of pyridine rings is 1. The molecule has 1 amide bonds. The van der Waals surface area contributed by atoms with Gasteiger partial charge in [0.25, 0.3) is 11.5 Å². The van der Waals surface area contributed by atoms with Gasteiger partial charge in [0.15, 0.2) is 0 Å². The van der Waals surface area contributed by atoms with E-state index >= 15 is 0 Å². The number of halogens is 2. The van der Waals surface area contributed by atoms with Gasteiger partial charge in [-0.2, -0.15) is 0 Å². The molecule has 0 saturated heterocycles. The SMILES string of the molecule is Cn1c([O-])c(C(=O)Nc2c(Cl)cccc2Cl)c2ccccc2c1=O. The minimum absolute atomic E-state index is 0.135. The summed E-state index contributed by atoms with van der Waals surface area (Å²) in [6.07, 6.45) is 0. The molecule has 0 spiro atoms. The number of rotatable bonds is 2. The topological polar surface area (TPSA) is 74.2 Å². The van der Waals surface area contributed by atoms with Gasteiger partial charge in [-0.15, -0.1) is 0 Å². The minimum Gasteiger partial charge on any atom is -0.859 e. The van der Waals surface area contributed by atoms with E-state index in [9.17, 15) is 14.7 Å². The Morgan fingerprint density at radius 2 is 1.62 bits per heavy atom. The number of para-hydroxylation sites is 1. The summed E-state index contributed by atoms with van der Waals surface area (Å²) in [5.41, 5.74) is -0.380. The number of fused-ring (bicyclic) bond motifs is 1. The van der Waals surface area contributed by atoms with Crippen LogP contribution < -0.4 is 16.0 Å². The first-order valence-corrected chi connectivity index (χ1v) is 7.71. The Labute approximate surface area is 147 Å². The molecule has 122 valence electrons. The summed E-state index contributed by atoms with van der Waals surface area (Å²) in [4.78, 5) is 24.9. The van der Waals surface area contributed by atoms with Crippen molar-refractivity contribution >= 4 is 45.6 Å². The predicted molar refractivity (Wildman–Crippen MR) is 93.1 cm³/mol. The van der Waals surface area contributed by atoms with Crippen LogP contribution in [-0.4, -0.2) is 10.5 Å². The van der Waals surface area contributed by atoms with Gasteiger partial charge in [0.2, 0.25) is 0 Å². The van der Waals surface area contributed by atoms with Gasteiger partial charge in [-0.05, 0) is 24.1 Å². The number of amides is 1. The van der Waals surface area contributed by atoms with Crippen LogP contribution in [0.3, 0.4) is 0 Å². The van der Waals surface area contributed by atoms with Crippen molar-refractivity contribution in [2.24, 2.45) is 7.05 Å². The fraction of sp³-hybridized carbons (Fsp3) is 0.0588. The zero-order chi connectivity index (χ0) is 17.4. The third kappa shape index (κ3) is 2.62. The van der Waals surface area contributed by atoms with Gasteiger partial charge < -0.3 is 15.0 Å². The van der Waals surface area contributed by atoms with Crippen LogP contribution in [0.5, 0.6) is 5.88 Å². The molecule has 0 aliphatic heterocycles. The molecule has 24 heavy (non-hydrogen) atoms. The highest BCUT2D eigenvalue weighted by molar-refractivity contribution is 6.40.